The summed E-state index contributed by atoms with van der Waals surface area (Å²) in [6.45, 7) is 5.84. The van der Waals surface area contributed by atoms with Crippen molar-refractivity contribution < 1.29 is 19.4 Å². The van der Waals surface area contributed by atoms with Crippen LogP contribution in [0.15, 0.2) is 18.2 Å². The van der Waals surface area contributed by atoms with E-state index in [4.69, 9.17) is 9.47 Å². The minimum absolute atomic E-state index is 0.232. The molecule has 22 heavy (non-hydrogen) atoms. The molecule has 1 aromatic rings. The van der Waals surface area contributed by atoms with Crippen LogP contribution in [0.4, 0.5) is 0 Å². The monoisotopic (exact) mass is 305 g/mol. The lowest BCUT2D eigenvalue weighted by Gasteiger charge is -2.36. The Balaban J connectivity index is 1.73. The molecule has 2 atom stereocenters. The van der Waals surface area contributed by atoms with Crippen molar-refractivity contribution in [2.24, 2.45) is 0 Å². The minimum atomic E-state index is -0.769. The maximum Gasteiger partial charge on any atom is 0.320 e. The Morgan fingerprint density at radius 3 is 3.05 bits per heavy atom. The van der Waals surface area contributed by atoms with E-state index >= 15 is 0 Å². The summed E-state index contributed by atoms with van der Waals surface area (Å²) in [7, 11) is 0. The Hall–Kier alpha value is -1.75. The number of aryl methyl sites for hydroxylation is 1. The number of hydrogen-bond acceptors (Lipinski definition) is 4. The summed E-state index contributed by atoms with van der Waals surface area (Å²) in [5, 5.41) is 9.17. The van der Waals surface area contributed by atoms with E-state index in [1.54, 1.807) is 6.92 Å². The van der Waals surface area contributed by atoms with Gasteiger partial charge in [-0.05, 0) is 50.5 Å². The maximum atomic E-state index is 11.2. The van der Waals surface area contributed by atoms with Crippen molar-refractivity contribution in [1.82, 2.24) is 4.90 Å². The molecule has 0 aromatic heterocycles. The summed E-state index contributed by atoms with van der Waals surface area (Å²) in [4.78, 5) is 13.2. The molecule has 3 rings (SSSR count). The van der Waals surface area contributed by atoms with Crippen LogP contribution in [0.25, 0.3) is 0 Å². The van der Waals surface area contributed by atoms with Gasteiger partial charge in [0.25, 0.3) is 0 Å². The predicted octanol–water partition coefficient (Wildman–Crippen LogP) is 2.33. The zero-order chi connectivity index (χ0) is 15.7. The topological polar surface area (TPSA) is 59.0 Å². The molecule has 1 saturated heterocycles. The quantitative estimate of drug-likeness (QED) is 0.925. The molecule has 5 heteroatoms. The third kappa shape index (κ3) is 2.77. The fourth-order valence-electron chi connectivity index (χ4n) is 3.40. The summed E-state index contributed by atoms with van der Waals surface area (Å²) >= 11 is 0. The minimum Gasteiger partial charge on any atom is -0.494 e. The number of hydrogen-bond donors (Lipinski definition) is 1. The lowest BCUT2D eigenvalue weighted by atomic mass is 9.90. The van der Waals surface area contributed by atoms with Crippen LogP contribution in [-0.2, 0) is 11.2 Å². The van der Waals surface area contributed by atoms with Gasteiger partial charge in [0.05, 0.1) is 6.61 Å². The second-order valence-electron chi connectivity index (χ2n) is 6.22. The first-order valence-corrected chi connectivity index (χ1v) is 7.94. The normalized spacial score (nSPS) is 25.5. The summed E-state index contributed by atoms with van der Waals surface area (Å²) < 4.78 is 11.8. The molecule has 5 nitrogen and oxygen atoms in total. The Bertz CT molecular complexity index is 574. The average molecular weight is 305 g/mol. The van der Waals surface area contributed by atoms with Gasteiger partial charge in [-0.2, -0.15) is 0 Å². The highest BCUT2D eigenvalue weighted by molar-refractivity contribution is 5.73. The molecule has 120 valence electrons. The van der Waals surface area contributed by atoms with Crippen LogP contribution in [0.5, 0.6) is 11.5 Å². The number of fused-ring (bicyclic) bond motifs is 1. The molecule has 0 bridgehead atoms. The summed E-state index contributed by atoms with van der Waals surface area (Å²) in [5.74, 6) is 1.03. The highest BCUT2D eigenvalue weighted by atomic mass is 16.5. The Kier molecular flexibility index (Phi) is 4.00. The fourth-order valence-corrected chi connectivity index (χ4v) is 3.40. The molecular weight excluding hydrogens is 282 g/mol. The first kappa shape index (κ1) is 15.2. The second kappa shape index (κ2) is 5.80. The molecule has 2 aliphatic rings. The van der Waals surface area contributed by atoms with E-state index < -0.39 is 12.0 Å². The number of carbonyl (C=O) groups is 1. The Morgan fingerprint density at radius 1 is 1.50 bits per heavy atom. The molecule has 1 N–H and O–H groups in total. The zero-order valence-corrected chi connectivity index (χ0v) is 13.2. The van der Waals surface area contributed by atoms with Crippen LogP contribution < -0.4 is 9.47 Å². The molecule has 2 heterocycles. The molecule has 1 aromatic carbocycles. The smallest absolute Gasteiger partial charge is 0.320 e. The number of likely N-dealkylation sites (tertiary alicyclic amines) is 1. The van der Waals surface area contributed by atoms with E-state index in [-0.39, 0.29) is 5.60 Å². The molecule has 0 saturated carbocycles. The van der Waals surface area contributed by atoms with Crippen molar-refractivity contribution in [3.8, 4) is 11.5 Å². The standard InChI is InChI=1S/C17H23NO4/c1-3-21-14-4-5-15-13(10-14)6-7-17(22-15)8-9-18(11-17)12(2)16(19)20/h4-5,10,12H,3,6-9,11H2,1-2H3,(H,19,20). The highest BCUT2D eigenvalue weighted by Gasteiger charge is 2.44. The molecule has 2 unspecified atom stereocenters. The third-order valence-corrected chi connectivity index (χ3v) is 4.77. The van der Waals surface area contributed by atoms with Crippen molar-refractivity contribution in [2.45, 2.75) is 44.8 Å². The number of nitrogens with zero attached hydrogens (tertiary/aromatic N) is 1. The summed E-state index contributed by atoms with van der Waals surface area (Å²) in [6, 6.07) is 5.52. The average Bonchev–Trinajstić information content (AvgIpc) is 2.90. The molecule has 1 spiro atoms. The van der Waals surface area contributed by atoms with Crippen molar-refractivity contribution >= 4 is 5.97 Å². The third-order valence-electron chi connectivity index (χ3n) is 4.77. The van der Waals surface area contributed by atoms with Gasteiger partial charge in [0.15, 0.2) is 0 Å². The van der Waals surface area contributed by atoms with Gasteiger partial charge in [-0.15, -0.1) is 0 Å². The number of aliphatic carboxylic acids is 1. The van der Waals surface area contributed by atoms with E-state index in [2.05, 4.69) is 6.07 Å². The molecule has 1 fully saturated rings. The van der Waals surface area contributed by atoms with Gasteiger partial charge < -0.3 is 14.6 Å². The highest BCUT2D eigenvalue weighted by Crippen LogP contribution is 2.40. The van der Waals surface area contributed by atoms with Gasteiger partial charge in [-0.1, -0.05) is 0 Å². The van der Waals surface area contributed by atoms with Crippen LogP contribution in [-0.4, -0.2) is 47.3 Å². The van der Waals surface area contributed by atoms with Gasteiger partial charge in [0.2, 0.25) is 0 Å². The molecule has 0 amide bonds. The van der Waals surface area contributed by atoms with Gasteiger partial charge >= 0.3 is 5.97 Å². The van der Waals surface area contributed by atoms with Crippen LogP contribution in [0.1, 0.15) is 32.3 Å². The number of carboxylic acids is 1. The Labute approximate surface area is 130 Å². The van der Waals surface area contributed by atoms with Crippen LogP contribution in [0.3, 0.4) is 0 Å². The molecule has 2 aliphatic heterocycles. The number of benzene rings is 1. The fraction of sp³-hybridized carbons (Fsp3) is 0.588. The Morgan fingerprint density at radius 2 is 2.32 bits per heavy atom. The summed E-state index contributed by atoms with van der Waals surface area (Å²) in [5.41, 5.74) is 0.949. The lowest BCUT2D eigenvalue weighted by Crippen LogP contribution is -2.45. The largest absolute Gasteiger partial charge is 0.494 e. The first-order valence-electron chi connectivity index (χ1n) is 7.94. The van der Waals surface area contributed by atoms with E-state index in [1.807, 2.05) is 24.0 Å². The maximum absolute atomic E-state index is 11.2. The first-order chi connectivity index (χ1) is 10.5. The van der Waals surface area contributed by atoms with Crippen molar-refractivity contribution in [3.63, 3.8) is 0 Å². The number of ether oxygens (including phenoxy) is 2. The number of carboxylic acid groups (broad SMARTS) is 1. The van der Waals surface area contributed by atoms with Gasteiger partial charge in [0.1, 0.15) is 23.1 Å². The second-order valence-corrected chi connectivity index (χ2v) is 6.22. The molecule has 0 aliphatic carbocycles. The predicted molar refractivity (Wildman–Crippen MR) is 82.6 cm³/mol. The van der Waals surface area contributed by atoms with Gasteiger partial charge in [0, 0.05) is 19.5 Å². The van der Waals surface area contributed by atoms with Crippen molar-refractivity contribution in [3.05, 3.63) is 23.8 Å². The number of rotatable bonds is 4. The van der Waals surface area contributed by atoms with Crippen LogP contribution in [0.2, 0.25) is 0 Å². The van der Waals surface area contributed by atoms with Crippen molar-refractivity contribution in [2.75, 3.05) is 19.7 Å². The summed E-state index contributed by atoms with van der Waals surface area (Å²) in [6.07, 6.45) is 2.77. The van der Waals surface area contributed by atoms with E-state index in [0.717, 1.165) is 37.3 Å². The van der Waals surface area contributed by atoms with Gasteiger partial charge in [-0.3, -0.25) is 9.69 Å². The van der Waals surface area contributed by atoms with E-state index in [9.17, 15) is 9.90 Å². The molecular formula is C17H23NO4. The van der Waals surface area contributed by atoms with Crippen LogP contribution >= 0.6 is 0 Å². The zero-order valence-electron chi connectivity index (χ0n) is 13.2. The van der Waals surface area contributed by atoms with E-state index in [0.29, 0.717) is 13.2 Å². The SMILES string of the molecule is CCOc1ccc2c(c1)CCC1(CCN(C(C)C(=O)O)C1)O2. The van der Waals surface area contributed by atoms with E-state index in [1.165, 1.54) is 5.56 Å². The van der Waals surface area contributed by atoms with Crippen LogP contribution in [0, 0.1) is 0 Å². The van der Waals surface area contributed by atoms with Crippen molar-refractivity contribution in [1.29, 1.82) is 0 Å². The lowest BCUT2D eigenvalue weighted by molar-refractivity contribution is -0.142. The van der Waals surface area contributed by atoms with Gasteiger partial charge in [-0.25, -0.2) is 0 Å². The molecule has 0 radical (unpaired) electrons.